The van der Waals surface area contributed by atoms with Crippen LogP contribution in [0.15, 0.2) is 72.8 Å². The van der Waals surface area contributed by atoms with E-state index in [0.29, 0.717) is 0 Å². The molecule has 0 radical (unpaired) electrons. The minimum atomic E-state index is -1.16. The highest BCUT2D eigenvalue weighted by atomic mass is 19.1. The highest BCUT2D eigenvalue weighted by Gasteiger charge is 2.30. The Morgan fingerprint density at radius 2 is 1.63 bits per heavy atom. The molecular formula is C27H25FN2O5. The van der Waals surface area contributed by atoms with Crippen LogP contribution >= 0.6 is 0 Å². The summed E-state index contributed by atoms with van der Waals surface area (Å²) in [5.41, 5.74) is 4.55. The van der Waals surface area contributed by atoms with E-state index in [-0.39, 0.29) is 31.1 Å². The van der Waals surface area contributed by atoms with Gasteiger partial charge in [-0.25, -0.2) is 9.18 Å². The predicted octanol–water partition coefficient (Wildman–Crippen LogP) is 4.56. The Kier molecular flexibility index (Phi) is 7.10. The van der Waals surface area contributed by atoms with Crippen molar-refractivity contribution < 1.29 is 28.6 Å². The van der Waals surface area contributed by atoms with E-state index in [4.69, 9.17) is 9.84 Å². The van der Waals surface area contributed by atoms with Crippen molar-refractivity contribution in [3.63, 3.8) is 0 Å². The van der Waals surface area contributed by atoms with Gasteiger partial charge in [0.25, 0.3) is 0 Å². The molecule has 0 aliphatic heterocycles. The van der Waals surface area contributed by atoms with Crippen LogP contribution in [0.2, 0.25) is 0 Å². The maximum absolute atomic E-state index is 13.6. The minimum Gasteiger partial charge on any atom is -0.481 e. The molecule has 3 aromatic carbocycles. The number of rotatable bonds is 8. The molecule has 1 unspecified atom stereocenters. The van der Waals surface area contributed by atoms with E-state index in [9.17, 15) is 18.8 Å². The van der Waals surface area contributed by atoms with Gasteiger partial charge in [0, 0.05) is 25.1 Å². The minimum absolute atomic E-state index is 0.0550. The summed E-state index contributed by atoms with van der Waals surface area (Å²) in [5.74, 6) is -2.36. The van der Waals surface area contributed by atoms with Crippen LogP contribution in [0.1, 0.15) is 29.9 Å². The molecule has 0 saturated carbocycles. The largest absolute Gasteiger partial charge is 0.481 e. The number of nitrogens with zero attached hydrogens (tertiary/aromatic N) is 1. The molecular weight excluding hydrogens is 451 g/mol. The third-order valence-electron chi connectivity index (χ3n) is 6.11. The summed E-state index contributed by atoms with van der Waals surface area (Å²) in [6, 6.07) is 20.1. The lowest BCUT2D eigenvalue weighted by atomic mass is 9.98. The first-order valence-electron chi connectivity index (χ1n) is 11.2. The summed E-state index contributed by atoms with van der Waals surface area (Å²) in [5, 5.41) is 11.6. The summed E-state index contributed by atoms with van der Waals surface area (Å²) >= 11 is 0. The van der Waals surface area contributed by atoms with Crippen molar-refractivity contribution >= 4 is 23.7 Å². The number of carboxylic acids is 1. The molecule has 0 aromatic heterocycles. The zero-order chi connectivity index (χ0) is 24.9. The summed E-state index contributed by atoms with van der Waals surface area (Å²) in [4.78, 5) is 38.0. The number of halogens is 1. The van der Waals surface area contributed by atoms with Crippen LogP contribution < -0.4 is 10.2 Å². The van der Waals surface area contributed by atoms with Crippen molar-refractivity contribution in [2.45, 2.75) is 24.8 Å². The van der Waals surface area contributed by atoms with E-state index in [2.05, 4.69) is 5.32 Å². The third-order valence-corrected chi connectivity index (χ3v) is 6.11. The van der Waals surface area contributed by atoms with Gasteiger partial charge in [0.15, 0.2) is 0 Å². The number of alkyl carbamates (subject to hydrolysis) is 1. The topological polar surface area (TPSA) is 95.9 Å². The summed E-state index contributed by atoms with van der Waals surface area (Å²) in [6.45, 7) is 0.0550. The van der Waals surface area contributed by atoms with Gasteiger partial charge in [-0.05, 0) is 46.9 Å². The molecule has 0 fully saturated rings. The van der Waals surface area contributed by atoms with Gasteiger partial charge in [0.1, 0.15) is 18.5 Å². The molecule has 7 nitrogen and oxygen atoms in total. The number of carbonyl (C=O) groups excluding carboxylic acids is 2. The van der Waals surface area contributed by atoms with Crippen molar-refractivity contribution in [2.24, 2.45) is 0 Å². The second-order valence-corrected chi connectivity index (χ2v) is 8.33. The zero-order valence-electron chi connectivity index (χ0n) is 19.1. The Labute approximate surface area is 202 Å². The van der Waals surface area contributed by atoms with Gasteiger partial charge in [0.05, 0.1) is 0 Å². The average Bonchev–Trinajstić information content (AvgIpc) is 3.18. The monoisotopic (exact) mass is 476 g/mol. The van der Waals surface area contributed by atoms with Crippen molar-refractivity contribution in [1.29, 1.82) is 0 Å². The van der Waals surface area contributed by atoms with Crippen LogP contribution in [0.5, 0.6) is 0 Å². The Morgan fingerprint density at radius 1 is 1.00 bits per heavy atom. The molecule has 35 heavy (non-hydrogen) atoms. The Bertz CT molecular complexity index is 1220. The molecule has 1 aliphatic rings. The number of anilines is 1. The molecule has 2 amide bonds. The highest BCUT2D eigenvalue weighted by molar-refractivity contribution is 5.98. The normalized spacial score (nSPS) is 12.9. The Morgan fingerprint density at radius 3 is 2.23 bits per heavy atom. The number of ether oxygens (including phenoxy) is 1. The lowest BCUT2D eigenvalue weighted by Gasteiger charge is -2.24. The van der Waals surface area contributed by atoms with Gasteiger partial charge < -0.3 is 20.1 Å². The molecule has 3 aromatic rings. The van der Waals surface area contributed by atoms with Crippen LogP contribution in [-0.4, -0.2) is 42.8 Å². The van der Waals surface area contributed by atoms with Gasteiger partial charge in [-0.15, -0.1) is 0 Å². The molecule has 2 N–H and O–H groups in total. The van der Waals surface area contributed by atoms with E-state index in [0.717, 1.165) is 22.3 Å². The molecule has 0 heterocycles. The molecule has 180 valence electrons. The Balaban J connectivity index is 1.46. The molecule has 8 heteroatoms. The number of fused-ring (bicyclic) bond motifs is 3. The van der Waals surface area contributed by atoms with Crippen molar-refractivity contribution in [3.8, 4) is 11.1 Å². The van der Waals surface area contributed by atoms with Crippen LogP contribution in [0.4, 0.5) is 14.9 Å². The van der Waals surface area contributed by atoms with Crippen molar-refractivity contribution in [2.75, 3.05) is 18.6 Å². The standard InChI is InChI=1S/C27H25FN2O5/c1-30(18-8-6-7-17(28)15-18)26(33)24(13-14-25(31)32)29-27(34)35-16-23-21-11-4-2-9-19(21)20-10-3-5-12-22(20)23/h2-12,15,23-24H,13-14,16H2,1H3,(H,29,34)(H,31,32). The smallest absolute Gasteiger partial charge is 0.407 e. The maximum atomic E-state index is 13.6. The number of likely N-dealkylation sites (N-methyl/N-ethyl adjacent to an activating group) is 1. The van der Waals surface area contributed by atoms with Gasteiger partial charge >= 0.3 is 12.1 Å². The number of benzene rings is 3. The number of aliphatic carboxylic acids is 1. The summed E-state index contributed by atoms with van der Waals surface area (Å²) in [7, 11) is 1.43. The quantitative estimate of drug-likeness (QED) is 0.497. The number of carbonyl (C=O) groups is 3. The number of carboxylic acid groups (broad SMARTS) is 1. The third kappa shape index (κ3) is 5.32. The Hall–Kier alpha value is -4.20. The van der Waals surface area contributed by atoms with Gasteiger partial charge in [0.2, 0.25) is 5.91 Å². The molecule has 0 bridgehead atoms. The summed E-state index contributed by atoms with van der Waals surface area (Å²) in [6.07, 6.45) is -1.31. The number of amides is 2. The van der Waals surface area contributed by atoms with Gasteiger partial charge in [-0.3, -0.25) is 9.59 Å². The SMILES string of the molecule is CN(C(=O)C(CCC(=O)O)NC(=O)OCC1c2ccccc2-c2ccccc21)c1cccc(F)c1. The van der Waals surface area contributed by atoms with Gasteiger partial charge in [-0.2, -0.15) is 0 Å². The van der Waals surface area contributed by atoms with Crippen LogP contribution in [0.3, 0.4) is 0 Å². The lowest BCUT2D eigenvalue weighted by Crippen LogP contribution is -2.48. The average molecular weight is 477 g/mol. The fraction of sp³-hybridized carbons (Fsp3) is 0.222. The first-order valence-corrected chi connectivity index (χ1v) is 11.2. The fourth-order valence-corrected chi connectivity index (χ4v) is 4.35. The van der Waals surface area contributed by atoms with E-state index < -0.39 is 29.8 Å². The van der Waals surface area contributed by atoms with Crippen LogP contribution in [-0.2, 0) is 14.3 Å². The van der Waals surface area contributed by atoms with E-state index in [1.165, 1.54) is 30.1 Å². The molecule has 1 atom stereocenters. The van der Waals surface area contributed by atoms with Crippen molar-refractivity contribution in [3.05, 3.63) is 89.7 Å². The first kappa shape index (κ1) is 23.9. The first-order chi connectivity index (χ1) is 16.8. The molecule has 0 spiro atoms. The molecule has 4 rings (SSSR count). The van der Waals surface area contributed by atoms with Crippen LogP contribution in [0, 0.1) is 5.82 Å². The summed E-state index contributed by atoms with van der Waals surface area (Å²) < 4.78 is 19.1. The second-order valence-electron chi connectivity index (χ2n) is 8.33. The van der Waals surface area contributed by atoms with E-state index >= 15 is 0 Å². The fourth-order valence-electron chi connectivity index (χ4n) is 4.35. The predicted molar refractivity (Wildman–Crippen MR) is 129 cm³/mol. The lowest BCUT2D eigenvalue weighted by molar-refractivity contribution is -0.137. The highest BCUT2D eigenvalue weighted by Crippen LogP contribution is 2.44. The van der Waals surface area contributed by atoms with Crippen LogP contribution in [0.25, 0.3) is 11.1 Å². The number of hydrogen-bond donors (Lipinski definition) is 2. The number of nitrogens with one attached hydrogen (secondary N) is 1. The van der Waals surface area contributed by atoms with Crippen molar-refractivity contribution in [1.82, 2.24) is 5.32 Å². The maximum Gasteiger partial charge on any atom is 0.407 e. The zero-order valence-corrected chi connectivity index (χ0v) is 19.1. The van der Waals surface area contributed by atoms with E-state index in [1.807, 2.05) is 48.5 Å². The molecule has 1 aliphatic carbocycles. The molecule has 0 saturated heterocycles. The number of hydrogen-bond acceptors (Lipinski definition) is 4. The second kappa shape index (κ2) is 10.4. The van der Waals surface area contributed by atoms with E-state index in [1.54, 1.807) is 6.07 Å². The van der Waals surface area contributed by atoms with Gasteiger partial charge in [-0.1, -0.05) is 54.6 Å².